The molecule has 0 bridgehead atoms. The summed E-state index contributed by atoms with van der Waals surface area (Å²) in [5, 5.41) is 9.90. The number of fused-ring (bicyclic) bond motifs is 1. The van der Waals surface area contributed by atoms with Crippen LogP contribution in [0.25, 0.3) is 0 Å². The molecule has 2 heterocycles. The molecule has 0 aliphatic carbocycles. The van der Waals surface area contributed by atoms with E-state index in [1.165, 1.54) is 12.1 Å². The van der Waals surface area contributed by atoms with Crippen LogP contribution in [0.15, 0.2) is 65.7 Å². The highest BCUT2D eigenvalue weighted by Gasteiger charge is 2.24. The van der Waals surface area contributed by atoms with E-state index < -0.39 is 0 Å². The van der Waals surface area contributed by atoms with Gasteiger partial charge < -0.3 is 5.11 Å². The number of halogens is 1. The Balaban J connectivity index is 1.53. The predicted molar refractivity (Wildman–Crippen MR) is 114 cm³/mol. The number of Topliss-reactive ketones (excluding diaryl/α,β-unsaturated/α-hetero) is 1. The van der Waals surface area contributed by atoms with E-state index in [1.54, 1.807) is 12.1 Å². The minimum atomic E-state index is -0.309. The van der Waals surface area contributed by atoms with Crippen LogP contribution in [0, 0.1) is 5.82 Å². The van der Waals surface area contributed by atoms with Gasteiger partial charge in [0.2, 0.25) is 0 Å². The molecule has 0 radical (unpaired) electrons. The van der Waals surface area contributed by atoms with Gasteiger partial charge >= 0.3 is 0 Å². The second kappa shape index (κ2) is 8.67. The minimum Gasteiger partial charge on any atom is -0.390 e. The lowest BCUT2D eigenvalue weighted by molar-refractivity contribution is -0.118. The van der Waals surface area contributed by atoms with Gasteiger partial charge in [-0.25, -0.2) is 4.39 Å². The Hall–Kier alpha value is -3.18. The van der Waals surface area contributed by atoms with E-state index >= 15 is 0 Å². The van der Waals surface area contributed by atoms with Crippen LogP contribution in [0.1, 0.15) is 52.9 Å². The van der Waals surface area contributed by atoms with Crippen molar-refractivity contribution in [2.45, 2.75) is 38.8 Å². The van der Waals surface area contributed by atoms with Crippen LogP contribution in [0.2, 0.25) is 0 Å². The molecule has 5 heteroatoms. The highest BCUT2D eigenvalue weighted by atomic mass is 19.1. The molecule has 1 N–H and O–H groups in total. The molecule has 1 aliphatic heterocycles. The Morgan fingerprint density at radius 3 is 2.57 bits per heavy atom. The zero-order chi connectivity index (χ0) is 21.1. The third kappa shape index (κ3) is 4.21. The van der Waals surface area contributed by atoms with Crippen molar-refractivity contribution in [3.8, 4) is 0 Å². The number of hydrogen-bond acceptors (Lipinski definition) is 4. The Morgan fingerprint density at radius 1 is 1.13 bits per heavy atom. The summed E-state index contributed by atoms with van der Waals surface area (Å²) in [6.45, 7) is 2.26. The van der Waals surface area contributed by atoms with Gasteiger partial charge in [-0.1, -0.05) is 37.3 Å². The summed E-state index contributed by atoms with van der Waals surface area (Å²) in [5.74, 6) is -0.0594. The lowest BCUT2D eigenvalue weighted by Crippen LogP contribution is -2.13. The summed E-state index contributed by atoms with van der Waals surface area (Å²) < 4.78 is 13.3. The number of aliphatic imine (C=N–C) groups is 1. The maximum absolute atomic E-state index is 13.3. The van der Waals surface area contributed by atoms with E-state index in [9.17, 15) is 14.3 Å². The van der Waals surface area contributed by atoms with Gasteiger partial charge in [0.1, 0.15) is 11.6 Å². The standard InChI is InChI=1S/C25H23FN2O2/c1-16(17-5-3-2-4-6-17)11-22(30)13-21-12-19-14-27-25(24(19)23(15-29)28-21)18-7-9-20(26)10-8-18/h2-10,12,16,29H,11,13-15H2,1H3/t16-/m0/s1. The summed E-state index contributed by atoms with van der Waals surface area (Å²) in [7, 11) is 0. The van der Waals surface area contributed by atoms with Crippen LogP contribution in [0.3, 0.4) is 0 Å². The van der Waals surface area contributed by atoms with Crippen LogP contribution in [-0.4, -0.2) is 21.6 Å². The van der Waals surface area contributed by atoms with Crippen LogP contribution in [0.4, 0.5) is 4.39 Å². The molecule has 0 spiro atoms. The van der Waals surface area contributed by atoms with Gasteiger partial charge in [0, 0.05) is 29.7 Å². The van der Waals surface area contributed by atoms with Crippen molar-refractivity contribution < 1.29 is 14.3 Å². The van der Waals surface area contributed by atoms with Gasteiger partial charge in [0.15, 0.2) is 0 Å². The fourth-order valence-electron chi connectivity index (χ4n) is 3.94. The van der Waals surface area contributed by atoms with E-state index in [-0.39, 0.29) is 30.5 Å². The van der Waals surface area contributed by atoms with Crippen LogP contribution in [-0.2, 0) is 24.4 Å². The highest BCUT2D eigenvalue weighted by molar-refractivity contribution is 6.15. The predicted octanol–water partition coefficient (Wildman–Crippen LogP) is 4.37. The third-order valence-corrected chi connectivity index (χ3v) is 5.42. The number of ketones is 1. The zero-order valence-electron chi connectivity index (χ0n) is 16.8. The number of aliphatic hydroxyl groups is 1. The smallest absolute Gasteiger partial charge is 0.139 e. The van der Waals surface area contributed by atoms with Crippen LogP contribution >= 0.6 is 0 Å². The molecule has 4 nitrogen and oxygen atoms in total. The van der Waals surface area contributed by atoms with Gasteiger partial charge in [0.05, 0.1) is 24.6 Å². The molecule has 4 rings (SSSR count). The third-order valence-electron chi connectivity index (χ3n) is 5.42. The average Bonchev–Trinajstić information content (AvgIpc) is 3.18. The van der Waals surface area contributed by atoms with E-state index in [0.29, 0.717) is 30.1 Å². The fourth-order valence-corrected chi connectivity index (χ4v) is 3.94. The molecular formula is C25H23FN2O2. The van der Waals surface area contributed by atoms with Crippen molar-refractivity contribution in [3.63, 3.8) is 0 Å². The van der Waals surface area contributed by atoms with E-state index in [4.69, 9.17) is 0 Å². The first kappa shape index (κ1) is 20.1. The average molecular weight is 402 g/mol. The SMILES string of the molecule is C[C@@H](CC(=O)Cc1cc2c(c(CO)n1)C(c1ccc(F)cc1)=NC2)c1ccccc1. The number of nitrogens with zero attached hydrogens (tertiary/aromatic N) is 2. The van der Waals surface area contributed by atoms with E-state index in [0.717, 1.165) is 22.3 Å². The lowest BCUT2D eigenvalue weighted by atomic mass is 9.93. The lowest BCUT2D eigenvalue weighted by Gasteiger charge is -2.13. The van der Waals surface area contributed by atoms with Gasteiger partial charge in [-0.2, -0.15) is 0 Å². The van der Waals surface area contributed by atoms with Crippen molar-refractivity contribution >= 4 is 11.5 Å². The maximum Gasteiger partial charge on any atom is 0.139 e. The second-order valence-electron chi connectivity index (χ2n) is 7.66. The largest absolute Gasteiger partial charge is 0.390 e. The topological polar surface area (TPSA) is 62.5 Å². The Bertz CT molecular complexity index is 1090. The van der Waals surface area contributed by atoms with Crippen molar-refractivity contribution in [3.05, 3.63) is 100 Å². The quantitative estimate of drug-likeness (QED) is 0.638. The van der Waals surface area contributed by atoms with Gasteiger partial charge in [-0.15, -0.1) is 0 Å². The molecule has 0 saturated heterocycles. The van der Waals surface area contributed by atoms with Gasteiger partial charge in [-0.05, 0) is 47.4 Å². The second-order valence-corrected chi connectivity index (χ2v) is 7.66. The first-order valence-electron chi connectivity index (χ1n) is 10.0. The molecule has 30 heavy (non-hydrogen) atoms. The zero-order valence-corrected chi connectivity index (χ0v) is 16.8. The number of carbonyl (C=O) groups excluding carboxylic acids is 1. The van der Waals surface area contributed by atoms with Crippen molar-refractivity contribution in [1.82, 2.24) is 4.98 Å². The Kier molecular flexibility index (Phi) is 5.81. The highest BCUT2D eigenvalue weighted by Crippen LogP contribution is 2.27. The molecule has 0 unspecified atom stereocenters. The summed E-state index contributed by atoms with van der Waals surface area (Å²) in [6.07, 6.45) is 0.665. The number of hydrogen-bond donors (Lipinski definition) is 1. The first-order valence-corrected chi connectivity index (χ1v) is 10.0. The molecule has 1 aliphatic rings. The van der Waals surface area contributed by atoms with Crippen LogP contribution < -0.4 is 0 Å². The number of carbonyl (C=O) groups is 1. The first-order chi connectivity index (χ1) is 14.5. The van der Waals surface area contributed by atoms with Crippen molar-refractivity contribution in [2.75, 3.05) is 0 Å². The molecule has 3 aromatic rings. The molecule has 152 valence electrons. The van der Waals surface area contributed by atoms with E-state index in [1.807, 2.05) is 43.3 Å². The minimum absolute atomic E-state index is 0.111. The normalized spacial score (nSPS) is 13.6. The monoisotopic (exact) mass is 402 g/mol. The Morgan fingerprint density at radius 2 is 1.87 bits per heavy atom. The molecule has 0 amide bonds. The summed E-state index contributed by atoms with van der Waals surface area (Å²) in [6, 6.07) is 18.0. The number of aliphatic hydroxyl groups excluding tert-OH is 1. The number of pyridine rings is 1. The Labute approximate surface area is 175 Å². The summed E-state index contributed by atoms with van der Waals surface area (Å²) >= 11 is 0. The summed E-state index contributed by atoms with van der Waals surface area (Å²) in [5.41, 5.74) is 5.52. The summed E-state index contributed by atoms with van der Waals surface area (Å²) in [4.78, 5) is 21.8. The molecular weight excluding hydrogens is 379 g/mol. The van der Waals surface area contributed by atoms with E-state index in [2.05, 4.69) is 9.98 Å². The van der Waals surface area contributed by atoms with Crippen molar-refractivity contribution in [1.29, 1.82) is 0 Å². The molecule has 2 aromatic carbocycles. The fraction of sp³-hybridized carbons (Fsp3) is 0.240. The van der Waals surface area contributed by atoms with Gasteiger partial charge in [0.25, 0.3) is 0 Å². The molecule has 0 saturated carbocycles. The molecule has 1 atom stereocenters. The van der Waals surface area contributed by atoms with Crippen LogP contribution in [0.5, 0.6) is 0 Å². The molecule has 1 aromatic heterocycles. The molecule has 0 fully saturated rings. The maximum atomic E-state index is 13.3. The number of rotatable bonds is 7. The number of benzene rings is 2. The van der Waals surface area contributed by atoms with Gasteiger partial charge in [-0.3, -0.25) is 14.8 Å². The number of aromatic nitrogens is 1. The van der Waals surface area contributed by atoms with Crippen molar-refractivity contribution in [2.24, 2.45) is 4.99 Å².